The van der Waals surface area contributed by atoms with Gasteiger partial charge in [-0.3, -0.25) is 10.2 Å². The minimum Gasteiger partial charge on any atom is -0.448 e. The summed E-state index contributed by atoms with van der Waals surface area (Å²) in [6, 6.07) is 9.84. The van der Waals surface area contributed by atoms with E-state index < -0.39 is 12.0 Å². The predicted molar refractivity (Wildman–Crippen MR) is 90.8 cm³/mol. The largest absolute Gasteiger partial charge is 0.448 e. The molecular weight excluding hydrogens is 322 g/mol. The van der Waals surface area contributed by atoms with Crippen LogP contribution >= 0.6 is 0 Å². The molecular formula is C17H19N5O3. The molecule has 0 aromatic heterocycles. The first-order valence-electron chi connectivity index (χ1n) is 7.57. The second-order valence-corrected chi connectivity index (χ2v) is 5.37. The van der Waals surface area contributed by atoms with E-state index in [1.807, 2.05) is 13.8 Å². The molecule has 0 radical (unpaired) electrons. The Bertz CT molecular complexity index is 713. The van der Waals surface area contributed by atoms with Crippen LogP contribution in [0, 0.1) is 28.6 Å². The number of nitrogens with one attached hydrogen (secondary N) is 3. The molecule has 130 valence electrons. The molecule has 1 aromatic carbocycles. The zero-order chi connectivity index (χ0) is 18.7. The number of anilines is 1. The lowest BCUT2D eigenvalue weighted by molar-refractivity contribution is 0.0907. The number of rotatable bonds is 6. The molecule has 25 heavy (non-hydrogen) atoms. The van der Waals surface area contributed by atoms with Crippen molar-refractivity contribution in [3.8, 4) is 12.1 Å². The molecule has 0 fully saturated rings. The van der Waals surface area contributed by atoms with E-state index in [-0.39, 0.29) is 17.7 Å². The Morgan fingerprint density at radius 3 is 2.52 bits per heavy atom. The van der Waals surface area contributed by atoms with Crippen molar-refractivity contribution in [3.05, 3.63) is 41.6 Å². The van der Waals surface area contributed by atoms with Crippen LogP contribution in [0.3, 0.4) is 0 Å². The maximum Gasteiger partial charge on any atom is 0.426 e. The van der Waals surface area contributed by atoms with Crippen molar-refractivity contribution in [2.45, 2.75) is 20.3 Å². The number of para-hydroxylation sites is 1. The normalized spacial score (nSPS) is 9.32. The van der Waals surface area contributed by atoms with Gasteiger partial charge in [0.1, 0.15) is 17.7 Å². The summed E-state index contributed by atoms with van der Waals surface area (Å²) >= 11 is 0. The lowest BCUT2D eigenvalue weighted by atomic mass is 10.1. The fourth-order valence-corrected chi connectivity index (χ4v) is 1.64. The highest BCUT2D eigenvalue weighted by atomic mass is 16.6. The number of nitrogens with zero attached hydrogens (tertiary/aromatic N) is 2. The van der Waals surface area contributed by atoms with E-state index in [1.165, 1.54) is 12.3 Å². The highest BCUT2D eigenvalue weighted by Crippen LogP contribution is 2.15. The Morgan fingerprint density at radius 1 is 1.20 bits per heavy atom. The van der Waals surface area contributed by atoms with Crippen LogP contribution in [0.2, 0.25) is 0 Å². The molecule has 0 heterocycles. The fourth-order valence-electron chi connectivity index (χ4n) is 1.64. The molecule has 0 saturated carbocycles. The highest BCUT2D eigenvalue weighted by Gasteiger charge is 2.12. The van der Waals surface area contributed by atoms with Crippen LogP contribution in [0.4, 0.5) is 10.5 Å². The van der Waals surface area contributed by atoms with Gasteiger partial charge >= 0.3 is 6.09 Å². The summed E-state index contributed by atoms with van der Waals surface area (Å²) in [6.45, 7) is 4.27. The lowest BCUT2D eigenvalue weighted by Crippen LogP contribution is -2.42. The number of amides is 2. The zero-order valence-corrected chi connectivity index (χ0v) is 14.0. The van der Waals surface area contributed by atoms with E-state index in [1.54, 1.807) is 30.3 Å². The topological polar surface area (TPSA) is 127 Å². The number of hydrogen-bond acceptors (Lipinski definition) is 6. The van der Waals surface area contributed by atoms with Gasteiger partial charge in [-0.1, -0.05) is 26.0 Å². The molecule has 8 nitrogen and oxygen atoms in total. The Labute approximate surface area is 146 Å². The summed E-state index contributed by atoms with van der Waals surface area (Å²) in [5.41, 5.74) is 4.85. The van der Waals surface area contributed by atoms with E-state index in [2.05, 4.69) is 16.2 Å². The van der Waals surface area contributed by atoms with E-state index in [4.69, 9.17) is 15.3 Å². The van der Waals surface area contributed by atoms with Crippen LogP contribution in [0.1, 0.15) is 30.6 Å². The van der Waals surface area contributed by atoms with Gasteiger partial charge in [0.15, 0.2) is 0 Å². The van der Waals surface area contributed by atoms with Crippen molar-refractivity contribution in [1.29, 1.82) is 10.5 Å². The molecule has 0 aliphatic carbocycles. The van der Waals surface area contributed by atoms with Gasteiger partial charge in [0.2, 0.25) is 0 Å². The van der Waals surface area contributed by atoms with Crippen molar-refractivity contribution in [2.75, 3.05) is 11.9 Å². The maximum atomic E-state index is 12.2. The summed E-state index contributed by atoms with van der Waals surface area (Å²) in [6.07, 6.45) is 1.16. The second kappa shape index (κ2) is 10.3. The Kier molecular flexibility index (Phi) is 8.04. The molecule has 0 bridgehead atoms. The molecule has 3 N–H and O–H groups in total. The molecule has 0 aliphatic rings. The van der Waals surface area contributed by atoms with Gasteiger partial charge in [0, 0.05) is 6.20 Å². The van der Waals surface area contributed by atoms with E-state index in [9.17, 15) is 9.59 Å². The van der Waals surface area contributed by atoms with Crippen LogP contribution in [-0.4, -0.2) is 18.6 Å². The molecule has 2 amide bonds. The van der Waals surface area contributed by atoms with Crippen molar-refractivity contribution >= 4 is 17.7 Å². The van der Waals surface area contributed by atoms with Gasteiger partial charge in [-0.25, -0.2) is 10.2 Å². The van der Waals surface area contributed by atoms with Crippen LogP contribution in [0.25, 0.3) is 0 Å². The quantitative estimate of drug-likeness (QED) is 0.539. The van der Waals surface area contributed by atoms with Gasteiger partial charge in [-0.2, -0.15) is 10.5 Å². The average molecular weight is 341 g/mol. The number of ether oxygens (including phenoxy) is 1. The first-order valence-corrected chi connectivity index (χ1v) is 7.57. The number of hydrogen-bond donors (Lipinski definition) is 3. The first kappa shape index (κ1) is 19.5. The third kappa shape index (κ3) is 7.06. The standard InChI is InChI=1S/C17H19N5O3/c1-12(2)7-8-25-17(24)22-21-16(23)14-5-3-4-6-15(14)20-11-13(9-18)10-19/h3-6,11-12,20H,7-8H2,1-2H3,(H,21,23)(H,22,24). The van der Waals surface area contributed by atoms with Gasteiger partial charge in [-0.15, -0.1) is 0 Å². The molecule has 0 spiro atoms. The molecule has 0 aliphatic heterocycles. The third-order valence-electron chi connectivity index (χ3n) is 2.99. The Hall–Kier alpha value is -3.52. The summed E-state index contributed by atoms with van der Waals surface area (Å²) in [7, 11) is 0. The van der Waals surface area contributed by atoms with E-state index in [0.717, 1.165) is 6.42 Å². The fraction of sp³-hybridized carbons (Fsp3) is 0.294. The number of hydrazine groups is 1. The van der Waals surface area contributed by atoms with Crippen molar-refractivity contribution in [1.82, 2.24) is 10.9 Å². The van der Waals surface area contributed by atoms with Crippen LogP contribution in [0.15, 0.2) is 36.0 Å². The average Bonchev–Trinajstić information content (AvgIpc) is 2.60. The molecule has 0 unspecified atom stereocenters. The van der Waals surface area contributed by atoms with Crippen LogP contribution < -0.4 is 16.2 Å². The molecule has 8 heteroatoms. The van der Waals surface area contributed by atoms with E-state index >= 15 is 0 Å². The zero-order valence-electron chi connectivity index (χ0n) is 14.0. The third-order valence-corrected chi connectivity index (χ3v) is 2.99. The van der Waals surface area contributed by atoms with Crippen molar-refractivity contribution in [2.24, 2.45) is 5.92 Å². The minimum atomic E-state index is -0.754. The van der Waals surface area contributed by atoms with E-state index in [0.29, 0.717) is 11.6 Å². The number of allylic oxidation sites excluding steroid dienone is 1. The van der Waals surface area contributed by atoms with Gasteiger partial charge in [0.25, 0.3) is 5.91 Å². The van der Waals surface area contributed by atoms with Crippen molar-refractivity contribution in [3.63, 3.8) is 0 Å². The Balaban J connectivity index is 2.64. The highest BCUT2D eigenvalue weighted by molar-refractivity contribution is 6.00. The van der Waals surface area contributed by atoms with Crippen molar-refractivity contribution < 1.29 is 14.3 Å². The first-order chi connectivity index (χ1) is 12.0. The lowest BCUT2D eigenvalue weighted by Gasteiger charge is -2.11. The van der Waals surface area contributed by atoms with Gasteiger partial charge < -0.3 is 10.1 Å². The summed E-state index contributed by atoms with van der Waals surface area (Å²) < 4.78 is 4.92. The Morgan fingerprint density at radius 2 is 1.88 bits per heavy atom. The number of benzene rings is 1. The van der Waals surface area contributed by atoms with Gasteiger partial charge in [0.05, 0.1) is 17.9 Å². The summed E-state index contributed by atoms with van der Waals surface area (Å²) in [5, 5.41) is 20.1. The molecule has 0 saturated heterocycles. The molecule has 1 rings (SSSR count). The predicted octanol–water partition coefficient (Wildman–Crippen LogP) is 2.45. The number of nitriles is 2. The molecule has 1 aromatic rings. The summed E-state index contributed by atoms with van der Waals surface area (Å²) in [4.78, 5) is 23.7. The van der Waals surface area contributed by atoms with Crippen LogP contribution in [0.5, 0.6) is 0 Å². The smallest absolute Gasteiger partial charge is 0.426 e. The minimum absolute atomic E-state index is 0.137. The number of carbonyl (C=O) groups excluding carboxylic acids is 2. The van der Waals surface area contributed by atoms with Crippen LogP contribution in [-0.2, 0) is 4.74 Å². The maximum absolute atomic E-state index is 12.2. The monoisotopic (exact) mass is 341 g/mol. The second-order valence-electron chi connectivity index (χ2n) is 5.37. The van der Waals surface area contributed by atoms with Gasteiger partial charge in [-0.05, 0) is 24.5 Å². The number of carbonyl (C=O) groups is 2. The summed E-state index contributed by atoms with van der Waals surface area (Å²) in [5.74, 6) is -0.173. The SMILES string of the molecule is CC(C)CCOC(=O)NNC(=O)c1ccccc1NC=C(C#N)C#N. The molecule has 0 atom stereocenters.